The number of carbonyl (C=O) groups is 1. The van der Waals surface area contributed by atoms with E-state index in [1.165, 1.54) is 36.4 Å². The van der Waals surface area contributed by atoms with E-state index in [2.05, 4.69) is 15.0 Å². The molecule has 212 valence electrons. The van der Waals surface area contributed by atoms with Crippen molar-refractivity contribution >= 4 is 15.9 Å². The molecule has 0 aliphatic carbocycles. The number of amides is 1. The first-order chi connectivity index (χ1) is 18.9. The van der Waals surface area contributed by atoms with E-state index in [0.717, 1.165) is 5.56 Å². The minimum atomic E-state index is -4.30. The summed E-state index contributed by atoms with van der Waals surface area (Å²) in [5.74, 6) is -0.778. The van der Waals surface area contributed by atoms with Crippen molar-refractivity contribution in [1.29, 1.82) is 0 Å². The fourth-order valence-electron chi connectivity index (χ4n) is 3.74. The van der Waals surface area contributed by atoms with Crippen LogP contribution in [0.15, 0.2) is 65.8 Å². The normalized spacial score (nSPS) is 11.4. The molecule has 0 spiro atoms. The van der Waals surface area contributed by atoms with Gasteiger partial charge in [0.1, 0.15) is 17.1 Å². The highest BCUT2D eigenvalue weighted by Crippen LogP contribution is 2.32. The van der Waals surface area contributed by atoms with Gasteiger partial charge in [0, 0.05) is 26.4 Å². The standard InChI is InChI=1S/C29H29FN4O5S.2H2/c1-17(2)16-38-23-14-21(13-22(30)15-23)25-10-9-24(29(33-25)39-27-18(3)11-12-31-20(27)5)28(35)34-40(36,37)26-8-6-7-19(4)32-26;;/h6-15,17H,16H2,1-5H3,(H,34,35);2*1H. The molecule has 1 N–H and O–H groups in total. The van der Waals surface area contributed by atoms with E-state index in [1.54, 1.807) is 45.2 Å². The van der Waals surface area contributed by atoms with E-state index in [0.29, 0.717) is 35.1 Å². The summed E-state index contributed by atoms with van der Waals surface area (Å²) in [5, 5.41) is -0.305. The lowest BCUT2D eigenvalue weighted by Crippen LogP contribution is -2.31. The van der Waals surface area contributed by atoms with Crippen LogP contribution in [-0.4, -0.2) is 35.9 Å². The van der Waals surface area contributed by atoms with Crippen LogP contribution in [-0.2, 0) is 10.0 Å². The number of nitrogens with one attached hydrogen (secondary N) is 1. The fraction of sp³-hybridized carbons (Fsp3) is 0.241. The van der Waals surface area contributed by atoms with Gasteiger partial charge in [0.25, 0.3) is 15.9 Å². The number of pyridine rings is 3. The predicted octanol–water partition coefficient (Wildman–Crippen LogP) is 6.04. The van der Waals surface area contributed by atoms with Gasteiger partial charge in [0.15, 0.2) is 10.8 Å². The van der Waals surface area contributed by atoms with Crippen molar-refractivity contribution in [3.8, 4) is 28.6 Å². The molecule has 3 aromatic heterocycles. The van der Waals surface area contributed by atoms with E-state index in [1.807, 2.05) is 18.6 Å². The average Bonchev–Trinajstić information content (AvgIpc) is 2.89. The highest BCUT2D eigenvalue weighted by molar-refractivity contribution is 7.90. The van der Waals surface area contributed by atoms with Gasteiger partial charge in [-0.1, -0.05) is 19.9 Å². The largest absolute Gasteiger partial charge is 0.493 e. The Labute approximate surface area is 235 Å². The molecule has 3 heterocycles. The Hall–Kier alpha value is -4.38. The van der Waals surface area contributed by atoms with Gasteiger partial charge in [-0.2, -0.15) is 8.42 Å². The molecule has 0 bridgehead atoms. The van der Waals surface area contributed by atoms with Crippen LogP contribution in [0.4, 0.5) is 4.39 Å². The van der Waals surface area contributed by atoms with Crippen LogP contribution in [0.3, 0.4) is 0 Å². The Balaban J connectivity index is 0.00000308. The van der Waals surface area contributed by atoms with Gasteiger partial charge in [-0.05, 0) is 74.7 Å². The van der Waals surface area contributed by atoms with Crippen molar-refractivity contribution < 1.29 is 29.9 Å². The number of hydrogen-bond donors (Lipinski definition) is 1. The number of hydrogen-bond acceptors (Lipinski definition) is 8. The molecule has 0 radical (unpaired) electrons. The molecule has 1 aromatic carbocycles. The lowest BCUT2D eigenvalue weighted by molar-refractivity contribution is 0.0978. The number of rotatable bonds is 9. The summed E-state index contributed by atoms with van der Waals surface area (Å²) in [5.41, 5.74) is 2.23. The zero-order valence-electron chi connectivity index (χ0n) is 22.7. The lowest BCUT2D eigenvalue weighted by Gasteiger charge is -2.15. The molecule has 0 unspecified atom stereocenters. The summed E-state index contributed by atoms with van der Waals surface area (Å²) in [4.78, 5) is 26.0. The number of aryl methyl sites for hydroxylation is 3. The van der Waals surface area contributed by atoms with Crippen LogP contribution in [0.5, 0.6) is 17.4 Å². The van der Waals surface area contributed by atoms with Crippen molar-refractivity contribution in [2.75, 3.05) is 6.61 Å². The fourth-order valence-corrected chi connectivity index (χ4v) is 4.72. The molecule has 0 atom stereocenters. The van der Waals surface area contributed by atoms with Crippen LogP contribution in [0.2, 0.25) is 0 Å². The minimum Gasteiger partial charge on any atom is -0.493 e. The van der Waals surface area contributed by atoms with Crippen LogP contribution < -0.4 is 14.2 Å². The van der Waals surface area contributed by atoms with Gasteiger partial charge in [0.2, 0.25) is 5.88 Å². The first-order valence-electron chi connectivity index (χ1n) is 12.5. The Morgan fingerprint density at radius 1 is 1.05 bits per heavy atom. The lowest BCUT2D eigenvalue weighted by atomic mass is 10.1. The van der Waals surface area contributed by atoms with Crippen LogP contribution in [0.1, 0.15) is 44.0 Å². The van der Waals surface area contributed by atoms with Gasteiger partial charge < -0.3 is 9.47 Å². The second kappa shape index (κ2) is 11.8. The third-order valence-electron chi connectivity index (χ3n) is 5.70. The zero-order valence-corrected chi connectivity index (χ0v) is 23.5. The highest BCUT2D eigenvalue weighted by atomic mass is 32.2. The Morgan fingerprint density at radius 2 is 1.82 bits per heavy atom. The third kappa shape index (κ3) is 6.78. The molecule has 11 heteroatoms. The van der Waals surface area contributed by atoms with Gasteiger partial charge >= 0.3 is 0 Å². The smallest absolute Gasteiger partial charge is 0.281 e. The van der Waals surface area contributed by atoms with E-state index >= 15 is 0 Å². The Morgan fingerprint density at radius 3 is 2.52 bits per heavy atom. The van der Waals surface area contributed by atoms with E-state index in [-0.39, 0.29) is 30.9 Å². The molecule has 40 heavy (non-hydrogen) atoms. The summed E-state index contributed by atoms with van der Waals surface area (Å²) in [6, 6.07) is 13.2. The summed E-state index contributed by atoms with van der Waals surface area (Å²) >= 11 is 0. The van der Waals surface area contributed by atoms with E-state index in [4.69, 9.17) is 9.47 Å². The molecule has 9 nitrogen and oxygen atoms in total. The molecule has 0 saturated carbocycles. The van der Waals surface area contributed by atoms with Crippen LogP contribution in [0.25, 0.3) is 11.3 Å². The molecular formula is C29H33FN4O5S. The van der Waals surface area contributed by atoms with Gasteiger partial charge in [-0.15, -0.1) is 0 Å². The van der Waals surface area contributed by atoms with Crippen molar-refractivity contribution in [2.24, 2.45) is 5.92 Å². The first-order valence-corrected chi connectivity index (χ1v) is 14.0. The summed E-state index contributed by atoms with van der Waals surface area (Å²) < 4.78 is 54.1. The summed E-state index contributed by atoms with van der Waals surface area (Å²) in [6.45, 7) is 9.52. The molecule has 1 amide bonds. The Kier molecular flexibility index (Phi) is 8.43. The number of halogens is 1. The maximum Gasteiger partial charge on any atom is 0.281 e. The average molecular weight is 569 g/mol. The van der Waals surface area contributed by atoms with E-state index in [9.17, 15) is 17.6 Å². The van der Waals surface area contributed by atoms with Crippen molar-refractivity contribution in [3.05, 3.63) is 89.1 Å². The molecular weight excluding hydrogens is 535 g/mol. The molecule has 4 rings (SSSR count). The quantitative estimate of drug-likeness (QED) is 0.259. The monoisotopic (exact) mass is 568 g/mol. The SMILES string of the molecule is Cc1cccc(S(=O)(=O)NC(=O)c2ccc(-c3cc(F)cc(OCC(C)C)c3)nc2Oc2c(C)ccnc2C)n1.[HH].[HH]. The number of sulfonamides is 1. The van der Waals surface area contributed by atoms with Gasteiger partial charge in [-0.25, -0.2) is 19.1 Å². The maximum atomic E-state index is 14.5. The highest BCUT2D eigenvalue weighted by Gasteiger charge is 2.25. The third-order valence-corrected chi connectivity index (χ3v) is 6.93. The van der Waals surface area contributed by atoms with Crippen LogP contribution in [0, 0.1) is 32.5 Å². The van der Waals surface area contributed by atoms with Crippen molar-refractivity contribution in [2.45, 2.75) is 39.6 Å². The number of carbonyl (C=O) groups excluding carboxylic acids is 1. The van der Waals surface area contributed by atoms with Crippen molar-refractivity contribution in [3.63, 3.8) is 0 Å². The molecule has 0 fully saturated rings. The minimum absolute atomic E-state index is 0. The zero-order chi connectivity index (χ0) is 29.0. The van der Waals surface area contributed by atoms with Gasteiger partial charge in [-0.3, -0.25) is 9.78 Å². The number of aromatic nitrogens is 3. The van der Waals surface area contributed by atoms with E-state index < -0.39 is 21.7 Å². The summed E-state index contributed by atoms with van der Waals surface area (Å²) in [7, 11) is -4.30. The first kappa shape index (κ1) is 28.6. The second-order valence-corrected chi connectivity index (χ2v) is 11.3. The molecule has 0 saturated heterocycles. The number of ether oxygens (including phenoxy) is 2. The topological polar surface area (TPSA) is 120 Å². The maximum absolute atomic E-state index is 14.5. The second-order valence-electron chi connectivity index (χ2n) is 9.63. The predicted molar refractivity (Wildman–Crippen MR) is 152 cm³/mol. The Bertz CT molecular complexity index is 1670. The summed E-state index contributed by atoms with van der Waals surface area (Å²) in [6.07, 6.45) is 1.61. The molecule has 4 aromatic rings. The molecule has 0 aliphatic rings. The number of nitrogens with zero attached hydrogens (tertiary/aromatic N) is 3. The van der Waals surface area contributed by atoms with Crippen LogP contribution >= 0.6 is 0 Å². The van der Waals surface area contributed by atoms with Crippen molar-refractivity contribution in [1.82, 2.24) is 19.7 Å². The van der Waals surface area contributed by atoms with Gasteiger partial charge in [0.05, 0.1) is 18.0 Å². The number of benzene rings is 1. The molecule has 0 aliphatic heterocycles.